The van der Waals surface area contributed by atoms with Gasteiger partial charge in [0.05, 0.1) is 23.1 Å². The van der Waals surface area contributed by atoms with Gasteiger partial charge in [0, 0.05) is 12.2 Å². The van der Waals surface area contributed by atoms with Crippen LogP contribution in [0.4, 0.5) is 5.69 Å². The minimum atomic E-state index is -0.537. The number of methoxy groups -OCH3 is 1. The lowest BCUT2D eigenvalue weighted by Gasteiger charge is -2.25. The number of nitrogens with two attached hydrogens (primary N) is 1. The third-order valence-corrected chi connectivity index (χ3v) is 4.39. The van der Waals surface area contributed by atoms with Crippen LogP contribution in [0.15, 0.2) is 18.2 Å². The van der Waals surface area contributed by atoms with E-state index in [0.29, 0.717) is 12.2 Å². The Morgan fingerprint density at radius 1 is 1.38 bits per heavy atom. The van der Waals surface area contributed by atoms with Crippen LogP contribution in [0.2, 0.25) is 5.02 Å². The zero-order valence-electron chi connectivity index (χ0n) is 11.9. The number of esters is 1. The fraction of sp³-hybridized carbons (Fsp3) is 0.467. The highest BCUT2D eigenvalue weighted by molar-refractivity contribution is 6.33. The van der Waals surface area contributed by atoms with E-state index in [4.69, 9.17) is 17.3 Å². The van der Waals surface area contributed by atoms with Crippen LogP contribution in [0.5, 0.6) is 0 Å². The van der Waals surface area contributed by atoms with Crippen LogP contribution in [-0.4, -0.2) is 25.5 Å². The van der Waals surface area contributed by atoms with Crippen molar-refractivity contribution in [2.24, 2.45) is 11.1 Å². The molecule has 0 radical (unpaired) electrons. The Balaban J connectivity index is 2.20. The van der Waals surface area contributed by atoms with Gasteiger partial charge in [-0.15, -0.1) is 0 Å². The van der Waals surface area contributed by atoms with Crippen molar-refractivity contribution in [2.45, 2.75) is 25.7 Å². The van der Waals surface area contributed by atoms with E-state index in [1.165, 1.54) is 13.2 Å². The predicted octanol–water partition coefficient (Wildman–Crippen LogP) is 2.58. The van der Waals surface area contributed by atoms with E-state index in [2.05, 4.69) is 10.1 Å². The molecule has 114 valence electrons. The minimum Gasteiger partial charge on any atom is -0.465 e. The summed E-state index contributed by atoms with van der Waals surface area (Å²) in [6.07, 6.45) is 3.62. The molecular weight excluding hydrogens is 292 g/mol. The number of hydrogen-bond donors (Lipinski definition) is 2. The second-order valence-corrected chi connectivity index (χ2v) is 5.74. The number of halogens is 1. The van der Waals surface area contributed by atoms with Gasteiger partial charge in [0.2, 0.25) is 5.91 Å². The molecule has 0 unspecified atom stereocenters. The Hall–Kier alpha value is -1.59. The lowest BCUT2D eigenvalue weighted by Crippen LogP contribution is -2.40. The van der Waals surface area contributed by atoms with Crippen LogP contribution < -0.4 is 11.1 Å². The van der Waals surface area contributed by atoms with Crippen LogP contribution >= 0.6 is 11.6 Å². The quantitative estimate of drug-likeness (QED) is 0.838. The van der Waals surface area contributed by atoms with Crippen LogP contribution in [0.1, 0.15) is 36.0 Å². The summed E-state index contributed by atoms with van der Waals surface area (Å²) in [6.45, 7) is 0.330. The van der Waals surface area contributed by atoms with Crippen molar-refractivity contribution < 1.29 is 14.3 Å². The van der Waals surface area contributed by atoms with Crippen molar-refractivity contribution >= 4 is 29.2 Å². The van der Waals surface area contributed by atoms with E-state index in [0.717, 1.165) is 25.7 Å². The molecule has 6 heteroatoms. The van der Waals surface area contributed by atoms with Crippen molar-refractivity contribution in [1.29, 1.82) is 0 Å². The molecule has 3 N–H and O–H groups in total. The molecule has 1 saturated carbocycles. The third-order valence-electron chi connectivity index (χ3n) is 4.06. The van der Waals surface area contributed by atoms with Crippen LogP contribution in [0.25, 0.3) is 0 Å². The number of anilines is 1. The van der Waals surface area contributed by atoms with Gasteiger partial charge in [-0.2, -0.15) is 0 Å². The molecule has 0 aromatic heterocycles. The Morgan fingerprint density at radius 3 is 2.62 bits per heavy atom. The van der Waals surface area contributed by atoms with E-state index in [-0.39, 0.29) is 16.5 Å². The van der Waals surface area contributed by atoms with Crippen molar-refractivity contribution in [1.82, 2.24) is 0 Å². The maximum absolute atomic E-state index is 12.5. The summed E-state index contributed by atoms with van der Waals surface area (Å²) in [4.78, 5) is 24.1. The van der Waals surface area contributed by atoms with Gasteiger partial charge in [-0.25, -0.2) is 4.79 Å². The SMILES string of the molecule is COC(=O)c1cc(NC(=O)C2(CN)CCCC2)ccc1Cl. The molecule has 0 spiro atoms. The molecular formula is C15H19ClN2O3. The van der Waals surface area contributed by atoms with Crippen molar-refractivity contribution in [2.75, 3.05) is 19.0 Å². The summed E-state index contributed by atoms with van der Waals surface area (Å²) < 4.78 is 4.66. The van der Waals surface area contributed by atoms with Gasteiger partial charge in [0.15, 0.2) is 0 Å². The number of carbonyl (C=O) groups is 2. The molecule has 0 aliphatic heterocycles. The Morgan fingerprint density at radius 2 is 2.05 bits per heavy atom. The smallest absolute Gasteiger partial charge is 0.339 e. The maximum atomic E-state index is 12.5. The van der Waals surface area contributed by atoms with E-state index in [1.54, 1.807) is 12.1 Å². The first-order valence-corrected chi connectivity index (χ1v) is 7.29. The summed E-state index contributed by atoms with van der Waals surface area (Å²) in [5, 5.41) is 3.12. The van der Waals surface area contributed by atoms with E-state index < -0.39 is 11.4 Å². The molecule has 1 aliphatic carbocycles. The highest BCUT2D eigenvalue weighted by atomic mass is 35.5. The molecule has 5 nitrogen and oxygen atoms in total. The largest absolute Gasteiger partial charge is 0.465 e. The first-order chi connectivity index (χ1) is 10.0. The zero-order valence-corrected chi connectivity index (χ0v) is 12.7. The number of ether oxygens (including phenoxy) is 1. The number of rotatable bonds is 4. The fourth-order valence-corrected chi connectivity index (χ4v) is 2.90. The predicted molar refractivity (Wildman–Crippen MR) is 81.4 cm³/mol. The second-order valence-electron chi connectivity index (χ2n) is 5.33. The topological polar surface area (TPSA) is 81.4 Å². The molecule has 21 heavy (non-hydrogen) atoms. The summed E-state index contributed by atoms with van der Waals surface area (Å²) >= 11 is 5.95. The molecule has 0 heterocycles. The average molecular weight is 311 g/mol. The molecule has 1 aromatic carbocycles. The van der Waals surface area contributed by atoms with Gasteiger partial charge in [0.25, 0.3) is 0 Å². The molecule has 0 bridgehead atoms. The van der Waals surface area contributed by atoms with Gasteiger partial charge in [-0.05, 0) is 31.0 Å². The van der Waals surface area contributed by atoms with Crippen molar-refractivity contribution in [3.05, 3.63) is 28.8 Å². The summed E-state index contributed by atoms with van der Waals surface area (Å²) in [6, 6.07) is 4.74. The molecule has 1 aromatic rings. The first kappa shape index (κ1) is 15.8. The fourth-order valence-electron chi connectivity index (χ4n) is 2.71. The van der Waals surface area contributed by atoms with E-state index >= 15 is 0 Å². The maximum Gasteiger partial charge on any atom is 0.339 e. The number of carbonyl (C=O) groups excluding carboxylic acids is 2. The molecule has 1 fully saturated rings. The lowest BCUT2D eigenvalue weighted by atomic mass is 9.85. The summed E-state index contributed by atoms with van der Waals surface area (Å²) in [5.41, 5.74) is 6.04. The van der Waals surface area contributed by atoms with Crippen LogP contribution in [-0.2, 0) is 9.53 Å². The van der Waals surface area contributed by atoms with Gasteiger partial charge < -0.3 is 15.8 Å². The molecule has 0 atom stereocenters. The van der Waals surface area contributed by atoms with Gasteiger partial charge in [-0.3, -0.25) is 4.79 Å². The molecule has 1 aliphatic rings. The monoisotopic (exact) mass is 310 g/mol. The van der Waals surface area contributed by atoms with Gasteiger partial charge >= 0.3 is 5.97 Å². The highest BCUT2D eigenvalue weighted by Crippen LogP contribution is 2.38. The minimum absolute atomic E-state index is 0.0966. The Labute approximate surface area is 128 Å². The average Bonchev–Trinajstić information content (AvgIpc) is 2.98. The van der Waals surface area contributed by atoms with E-state index in [9.17, 15) is 9.59 Å². The number of benzene rings is 1. The van der Waals surface area contributed by atoms with Crippen LogP contribution in [0, 0.1) is 5.41 Å². The normalized spacial score (nSPS) is 16.5. The van der Waals surface area contributed by atoms with Crippen LogP contribution in [0.3, 0.4) is 0 Å². The molecule has 1 amide bonds. The van der Waals surface area contributed by atoms with E-state index in [1.807, 2.05) is 0 Å². The Bertz CT molecular complexity index is 554. The number of hydrogen-bond acceptors (Lipinski definition) is 4. The third kappa shape index (κ3) is 3.19. The standard InChI is InChI=1S/C15H19ClN2O3/c1-21-13(19)11-8-10(4-5-12(11)16)18-14(20)15(9-17)6-2-3-7-15/h4-5,8H,2-3,6-7,9,17H2,1H3,(H,18,20). The molecule has 0 saturated heterocycles. The van der Waals surface area contributed by atoms with Crippen molar-refractivity contribution in [3.8, 4) is 0 Å². The molecule has 2 rings (SSSR count). The number of nitrogens with one attached hydrogen (secondary N) is 1. The first-order valence-electron chi connectivity index (χ1n) is 6.92. The lowest BCUT2D eigenvalue weighted by molar-refractivity contribution is -0.124. The van der Waals surface area contributed by atoms with Gasteiger partial charge in [-0.1, -0.05) is 24.4 Å². The summed E-state index contributed by atoms with van der Waals surface area (Å²) in [5.74, 6) is -0.633. The Kier molecular flexibility index (Phi) is 4.85. The van der Waals surface area contributed by atoms with Crippen molar-refractivity contribution in [3.63, 3.8) is 0 Å². The zero-order chi connectivity index (χ0) is 15.5. The number of amides is 1. The van der Waals surface area contributed by atoms with Gasteiger partial charge in [0.1, 0.15) is 0 Å². The second kappa shape index (κ2) is 6.45. The highest BCUT2D eigenvalue weighted by Gasteiger charge is 2.39. The summed E-state index contributed by atoms with van der Waals surface area (Å²) in [7, 11) is 1.28.